The van der Waals surface area contributed by atoms with Crippen molar-refractivity contribution in [2.24, 2.45) is 5.92 Å². The number of nitrogens with zero attached hydrogens (tertiary/aromatic N) is 5. The number of rotatable bonds is 7. The van der Waals surface area contributed by atoms with Crippen LogP contribution in [-0.4, -0.2) is 88.4 Å². The van der Waals surface area contributed by atoms with Crippen molar-refractivity contribution in [3.63, 3.8) is 0 Å². The first-order chi connectivity index (χ1) is 19.5. The molecule has 4 aliphatic heterocycles. The maximum absolute atomic E-state index is 11.2. The Morgan fingerprint density at radius 2 is 1.30 bits per heavy atom. The van der Waals surface area contributed by atoms with Gasteiger partial charge in [-0.1, -0.05) is 72.8 Å². The second-order valence-electron chi connectivity index (χ2n) is 12.8. The predicted molar refractivity (Wildman–Crippen MR) is 156 cm³/mol. The summed E-state index contributed by atoms with van der Waals surface area (Å²) >= 11 is 0. The Morgan fingerprint density at radius 3 is 1.98 bits per heavy atom. The maximum atomic E-state index is 11.2. The highest BCUT2D eigenvalue weighted by atomic mass is 16.6. The van der Waals surface area contributed by atoms with Crippen LogP contribution in [0.2, 0.25) is 0 Å². The first-order valence-electron chi connectivity index (χ1n) is 15.0. The van der Waals surface area contributed by atoms with Crippen LogP contribution in [0.15, 0.2) is 84.9 Å². The fraction of sp³-hybridized carbons (Fsp3) is 0.455. The predicted octanol–water partition coefficient (Wildman–Crippen LogP) is 4.49. The summed E-state index contributed by atoms with van der Waals surface area (Å²) in [7, 11) is 0. The van der Waals surface area contributed by atoms with Gasteiger partial charge in [-0.15, -0.1) is 0 Å². The number of piperazine rings is 2. The first-order valence-corrected chi connectivity index (χ1v) is 15.0. The third-order valence-electron chi connectivity index (χ3n) is 10.3. The molecule has 7 heteroatoms. The molecule has 0 bridgehead atoms. The third kappa shape index (κ3) is 4.65. The summed E-state index contributed by atoms with van der Waals surface area (Å²) in [5.74, 6) is 0.533. The molecule has 7 rings (SSSR count). The van der Waals surface area contributed by atoms with E-state index in [9.17, 15) is 10.1 Å². The van der Waals surface area contributed by atoms with Gasteiger partial charge in [0.15, 0.2) is 0 Å². The van der Waals surface area contributed by atoms with Crippen molar-refractivity contribution in [2.75, 3.05) is 52.4 Å². The zero-order valence-electron chi connectivity index (χ0n) is 23.4. The Bertz CT molecular complexity index is 1340. The Hall–Kier alpha value is -3.10. The Labute approximate surface area is 237 Å². The van der Waals surface area contributed by atoms with Gasteiger partial charge in [-0.3, -0.25) is 19.1 Å². The number of benzene rings is 3. The lowest BCUT2D eigenvalue weighted by molar-refractivity contribution is -1.07. The molecule has 4 saturated heterocycles. The fourth-order valence-corrected chi connectivity index (χ4v) is 8.80. The van der Waals surface area contributed by atoms with Crippen LogP contribution in [-0.2, 0) is 19.5 Å². The Kier molecular flexibility index (Phi) is 6.71. The van der Waals surface area contributed by atoms with Crippen molar-refractivity contribution in [3.8, 4) is 0 Å². The number of non-ortho nitro benzene ring substituents is 1. The molecule has 0 amide bonds. The van der Waals surface area contributed by atoms with Crippen LogP contribution in [0.3, 0.4) is 0 Å². The molecule has 4 fully saturated rings. The summed E-state index contributed by atoms with van der Waals surface area (Å²) in [5.41, 5.74) is 4.30. The molecule has 3 aromatic carbocycles. The van der Waals surface area contributed by atoms with Gasteiger partial charge in [-0.05, 0) is 12.0 Å². The molecule has 0 radical (unpaired) electrons. The molecule has 5 atom stereocenters. The number of nitro benzene ring substituents is 1. The molecule has 208 valence electrons. The van der Waals surface area contributed by atoms with Crippen LogP contribution in [0.1, 0.15) is 23.1 Å². The average molecular weight is 540 g/mol. The minimum Gasteiger partial charge on any atom is -0.297 e. The summed E-state index contributed by atoms with van der Waals surface area (Å²) in [6.45, 7) is 11.7. The minimum atomic E-state index is -0.299. The molecule has 0 aromatic heterocycles. The Morgan fingerprint density at radius 1 is 0.700 bits per heavy atom. The highest BCUT2D eigenvalue weighted by molar-refractivity contribution is 5.33. The lowest BCUT2D eigenvalue weighted by atomic mass is 9.87. The maximum Gasteiger partial charge on any atom is 0.269 e. The fourth-order valence-electron chi connectivity index (χ4n) is 8.80. The van der Waals surface area contributed by atoms with Crippen molar-refractivity contribution in [2.45, 2.75) is 38.3 Å². The van der Waals surface area contributed by atoms with Crippen LogP contribution in [0.25, 0.3) is 0 Å². The molecular formula is C33H41N5O2+2. The Balaban J connectivity index is 1.24. The van der Waals surface area contributed by atoms with Crippen molar-refractivity contribution >= 4 is 5.69 Å². The molecule has 3 unspecified atom stereocenters. The van der Waals surface area contributed by atoms with Gasteiger partial charge in [0.25, 0.3) is 5.69 Å². The number of nitro groups is 1. The van der Waals surface area contributed by atoms with Crippen molar-refractivity contribution < 1.29 is 13.9 Å². The van der Waals surface area contributed by atoms with Crippen LogP contribution in [0.5, 0.6) is 0 Å². The van der Waals surface area contributed by atoms with Crippen molar-refractivity contribution in [1.29, 1.82) is 0 Å². The molecular weight excluding hydrogens is 498 g/mol. The summed E-state index contributed by atoms with van der Waals surface area (Å²) < 4.78 is 2.34. The van der Waals surface area contributed by atoms with Gasteiger partial charge < -0.3 is 0 Å². The highest BCUT2D eigenvalue weighted by Gasteiger charge is 2.65. The summed E-state index contributed by atoms with van der Waals surface area (Å²) in [6.07, 6.45) is 3.30. The van der Waals surface area contributed by atoms with Crippen molar-refractivity contribution in [1.82, 2.24) is 9.80 Å². The van der Waals surface area contributed by atoms with Crippen LogP contribution >= 0.6 is 0 Å². The quantitative estimate of drug-likeness (QED) is 0.252. The average Bonchev–Trinajstić information content (AvgIpc) is 2.97. The van der Waals surface area contributed by atoms with E-state index in [-0.39, 0.29) is 10.6 Å². The van der Waals surface area contributed by atoms with E-state index >= 15 is 0 Å². The summed E-state index contributed by atoms with van der Waals surface area (Å²) in [6, 6.07) is 29.6. The molecule has 0 spiro atoms. The molecule has 0 saturated carbocycles. The SMILES string of the molecule is O=[N+]([O-])c1ccc(CC2CN3CC[N+]4(Cc5ccccc5)CCCN5CC[N+](Cc6ccccc6)(C2)[C@H]3[C@@H]54)cc1. The summed E-state index contributed by atoms with van der Waals surface area (Å²) in [5, 5.41) is 11.2. The zero-order valence-corrected chi connectivity index (χ0v) is 23.4. The monoisotopic (exact) mass is 539 g/mol. The molecule has 3 aromatic rings. The lowest BCUT2D eigenvalue weighted by Crippen LogP contribution is -2.87. The summed E-state index contributed by atoms with van der Waals surface area (Å²) in [4.78, 5) is 16.6. The topological polar surface area (TPSA) is 49.6 Å². The van der Waals surface area contributed by atoms with Crippen molar-refractivity contribution in [3.05, 3.63) is 112 Å². The minimum absolute atomic E-state index is 0.178. The second kappa shape index (κ2) is 10.4. The first kappa shape index (κ1) is 25.8. The van der Waals surface area contributed by atoms with E-state index in [0.717, 1.165) is 37.1 Å². The molecule has 4 aliphatic rings. The third-order valence-corrected chi connectivity index (χ3v) is 10.3. The van der Waals surface area contributed by atoms with Gasteiger partial charge in [-0.25, -0.2) is 9.80 Å². The number of hydrogen-bond donors (Lipinski definition) is 0. The highest BCUT2D eigenvalue weighted by Crippen LogP contribution is 2.45. The van der Waals surface area contributed by atoms with E-state index in [1.807, 2.05) is 12.1 Å². The van der Waals surface area contributed by atoms with Gasteiger partial charge >= 0.3 is 0 Å². The van der Waals surface area contributed by atoms with Gasteiger partial charge in [0.2, 0.25) is 12.3 Å². The molecule has 0 aliphatic carbocycles. The second-order valence-corrected chi connectivity index (χ2v) is 12.8. The van der Waals surface area contributed by atoms with Crippen LogP contribution < -0.4 is 0 Å². The van der Waals surface area contributed by atoms with Crippen LogP contribution in [0.4, 0.5) is 5.69 Å². The molecule has 0 N–H and O–H groups in total. The van der Waals surface area contributed by atoms with Crippen LogP contribution in [0, 0.1) is 16.0 Å². The van der Waals surface area contributed by atoms with E-state index in [1.165, 1.54) is 66.9 Å². The van der Waals surface area contributed by atoms with Gasteiger partial charge in [0.05, 0.1) is 44.2 Å². The van der Waals surface area contributed by atoms with E-state index < -0.39 is 0 Å². The van der Waals surface area contributed by atoms with E-state index in [0.29, 0.717) is 18.2 Å². The number of hydrogen-bond acceptors (Lipinski definition) is 4. The van der Waals surface area contributed by atoms with E-state index in [1.54, 1.807) is 12.1 Å². The van der Waals surface area contributed by atoms with E-state index in [2.05, 4.69) is 70.5 Å². The lowest BCUT2D eigenvalue weighted by Gasteiger charge is -2.68. The zero-order chi connectivity index (χ0) is 27.2. The van der Waals surface area contributed by atoms with Gasteiger partial charge in [0, 0.05) is 48.7 Å². The normalized spacial score (nSPS) is 31.9. The van der Waals surface area contributed by atoms with Gasteiger partial charge in [-0.2, -0.15) is 0 Å². The van der Waals surface area contributed by atoms with Gasteiger partial charge in [0.1, 0.15) is 13.1 Å². The largest absolute Gasteiger partial charge is 0.297 e. The smallest absolute Gasteiger partial charge is 0.269 e. The standard InChI is InChI=1S/C33H41N5O2/c39-36(40)31-14-12-27(13-15-31)22-30-23-35-18-20-37(24-28-8-3-1-4-9-28)19-7-16-34-17-21-38(26-30,33(35)32(34)37)25-29-10-5-2-6-11-29/h1-6,8-15,30,32-33H,7,16-26H2/q+2/t30?,32-,33-,37?,38?/m0/s1. The van der Waals surface area contributed by atoms with E-state index in [4.69, 9.17) is 0 Å². The molecule has 40 heavy (non-hydrogen) atoms. The molecule has 4 heterocycles. The molecule has 7 nitrogen and oxygen atoms in total. The number of quaternary nitrogens is 2.